The summed E-state index contributed by atoms with van der Waals surface area (Å²) in [7, 11) is 0. The minimum Gasteiger partial charge on any atom is -0.353 e. The van der Waals surface area contributed by atoms with Gasteiger partial charge in [0.2, 0.25) is 11.8 Å². The van der Waals surface area contributed by atoms with Crippen molar-refractivity contribution >= 4 is 28.6 Å². The largest absolute Gasteiger partial charge is 0.353 e. The number of rotatable bonds is 9. The number of hydrogen-bond acceptors (Lipinski definition) is 4. The van der Waals surface area contributed by atoms with Crippen molar-refractivity contribution < 1.29 is 18.8 Å². The van der Waals surface area contributed by atoms with Gasteiger partial charge in [0.15, 0.2) is 0 Å². The lowest BCUT2D eigenvalue weighted by atomic mass is 10.1. The molecule has 3 rings (SSSR count). The van der Waals surface area contributed by atoms with Gasteiger partial charge in [0.1, 0.15) is 5.82 Å². The molecule has 1 heterocycles. The maximum atomic E-state index is 12.9. The maximum absolute atomic E-state index is 12.9. The third-order valence-electron chi connectivity index (χ3n) is 4.61. The molecule has 0 unspecified atom stereocenters. The summed E-state index contributed by atoms with van der Waals surface area (Å²) < 4.78 is 12.9. The fourth-order valence-corrected chi connectivity index (χ4v) is 3.00. The highest BCUT2D eigenvalue weighted by Crippen LogP contribution is 2.15. The highest BCUT2D eigenvalue weighted by Gasteiger charge is 2.10. The summed E-state index contributed by atoms with van der Waals surface area (Å²) >= 11 is 0. The van der Waals surface area contributed by atoms with E-state index in [4.69, 9.17) is 0 Å². The Morgan fingerprint density at radius 3 is 2.39 bits per heavy atom. The van der Waals surface area contributed by atoms with Gasteiger partial charge in [-0.3, -0.25) is 19.4 Å². The molecule has 2 aromatic carbocycles. The molecule has 0 saturated heterocycles. The summed E-state index contributed by atoms with van der Waals surface area (Å²) in [6, 6.07) is 15.0. The average molecular weight is 422 g/mol. The van der Waals surface area contributed by atoms with Gasteiger partial charge in [0, 0.05) is 31.1 Å². The molecule has 3 aromatic rings. The van der Waals surface area contributed by atoms with Gasteiger partial charge in [-0.1, -0.05) is 30.3 Å². The molecule has 0 bridgehead atoms. The minimum atomic E-state index is -0.351. The van der Waals surface area contributed by atoms with Gasteiger partial charge in [-0.25, -0.2) is 4.39 Å². The number of para-hydroxylation sites is 1. The standard InChI is InChI=1S/C23H23FN4O3/c24-18-9-6-16(7-10-18)8-11-20(29)28-15-21(30)25-13-14-27-23(31)19-5-1-3-17-4-2-12-26-22(17)19/h1-7,9-10,12H,8,11,13-15H2,(H,25,30)(H,27,31)(H,28,29). The van der Waals surface area contributed by atoms with E-state index in [0.29, 0.717) is 17.5 Å². The Kier molecular flexibility index (Phi) is 7.64. The number of nitrogens with zero attached hydrogens (tertiary/aromatic N) is 1. The zero-order chi connectivity index (χ0) is 22.1. The number of fused-ring (bicyclic) bond motifs is 1. The fourth-order valence-electron chi connectivity index (χ4n) is 3.00. The molecule has 0 fully saturated rings. The molecule has 0 aliphatic rings. The maximum Gasteiger partial charge on any atom is 0.253 e. The van der Waals surface area contributed by atoms with Crippen LogP contribution in [0.2, 0.25) is 0 Å². The quantitative estimate of drug-likeness (QED) is 0.459. The SMILES string of the molecule is O=C(CCc1ccc(F)cc1)NCC(=O)NCCNC(=O)c1cccc2cccnc12. The van der Waals surface area contributed by atoms with E-state index in [9.17, 15) is 18.8 Å². The van der Waals surface area contributed by atoms with Crippen LogP contribution in [0.4, 0.5) is 4.39 Å². The summed E-state index contributed by atoms with van der Waals surface area (Å²) in [5.74, 6) is -1.21. The van der Waals surface area contributed by atoms with Crippen LogP contribution in [0.1, 0.15) is 22.3 Å². The van der Waals surface area contributed by atoms with E-state index >= 15 is 0 Å². The van der Waals surface area contributed by atoms with E-state index in [-0.39, 0.29) is 49.6 Å². The molecule has 8 heteroatoms. The van der Waals surface area contributed by atoms with Crippen LogP contribution in [-0.2, 0) is 16.0 Å². The van der Waals surface area contributed by atoms with Crippen LogP contribution in [0.5, 0.6) is 0 Å². The Hall–Kier alpha value is -3.81. The molecule has 3 N–H and O–H groups in total. The summed E-state index contributed by atoms with van der Waals surface area (Å²) in [5, 5.41) is 8.80. The zero-order valence-electron chi connectivity index (χ0n) is 16.9. The third-order valence-corrected chi connectivity index (χ3v) is 4.61. The van der Waals surface area contributed by atoms with Crippen molar-refractivity contribution in [1.29, 1.82) is 0 Å². The van der Waals surface area contributed by atoms with E-state index in [0.717, 1.165) is 10.9 Å². The first kappa shape index (κ1) is 21.9. The van der Waals surface area contributed by atoms with E-state index in [1.807, 2.05) is 12.1 Å². The Bertz CT molecular complexity index is 1060. The molecule has 3 amide bonds. The van der Waals surface area contributed by atoms with Gasteiger partial charge in [-0.05, 0) is 36.2 Å². The lowest BCUT2D eigenvalue weighted by Crippen LogP contribution is -2.40. The van der Waals surface area contributed by atoms with Crippen LogP contribution in [0.3, 0.4) is 0 Å². The number of carbonyl (C=O) groups is 3. The van der Waals surface area contributed by atoms with Crippen molar-refractivity contribution in [2.75, 3.05) is 19.6 Å². The Labute approximate surface area is 179 Å². The van der Waals surface area contributed by atoms with E-state index in [2.05, 4.69) is 20.9 Å². The van der Waals surface area contributed by atoms with Gasteiger partial charge >= 0.3 is 0 Å². The van der Waals surface area contributed by atoms with Crippen LogP contribution in [-0.4, -0.2) is 42.3 Å². The molecule has 7 nitrogen and oxygen atoms in total. The van der Waals surface area contributed by atoms with Crippen molar-refractivity contribution in [2.45, 2.75) is 12.8 Å². The second kappa shape index (κ2) is 10.8. The number of aromatic nitrogens is 1. The number of hydrogen-bond donors (Lipinski definition) is 3. The molecule has 0 aliphatic heterocycles. The second-order valence-corrected chi connectivity index (χ2v) is 6.89. The predicted octanol–water partition coefficient (Wildman–Crippen LogP) is 1.97. The summed E-state index contributed by atoms with van der Waals surface area (Å²) in [6.45, 7) is 0.323. The molecule has 31 heavy (non-hydrogen) atoms. The van der Waals surface area contributed by atoms with E-state index in [1.54, 1.807) is 36.5 Å². The smallest absolute Gasteiger partial charge is 0.253 e. The molecule has 0 saturated carbocycles. The zero-order valence-corrected chi connectivity index (χ0v) is 16.9. The first-order valence-corrected chi connectivity index (χ1v) is 9.93. The predicted molar refractivity (Wildman–Crippen MR) is 115 cm³/mol. The first-order valence-electron chi connectivity index (χ1n) is 9.93. The molecule has 160 valence electrons. The molecule has 0 atom stereocenters. The van der Waals surface area contributed by atoms with Gasteiger partial charge < -0.3 is 16.0 Å². The Morgan fingerprint density at radius 2 is 1.58 bits per heavy atom. The van der Waals surface area contributed by atoms with E-state index in [1.165, 1.54) is 12.1 Å². The molecule has 1 aromatic heterocycles. The normalized spacial score (nSPS) is 10.5. The molecule has 0 aliphatic carbocycles. The number of carbonyl (C=O) groups excluding carboxylic acids is 3. The summed E-state index contributed by atoms with van der Waals surface area (Å²) in [5.41, 5.74) is 1.94. The number of halogens is 1. The van der Waals surface area contributed by atoms with Gasteiger partial charge in [0.05, 0.1) is 17.6 Å². The first-order chi connectivity index (χ1) is 15.0. The lowest BCUT2D eigenvalue weighted by molar-refractivity contribution is -0.126. The lowest BCUT2D eigenvalue weighted by Gasteiger charge is -2.09. The highest BCUT2D eigenvalue weighted by molar-refractivity contribution is 6.05. The second-order valence-electron chi connectivity index (χ2n) is 6.89. The number of aryl methyl sites for hydroxylation is 1. The Balaban J connectivity index is 1.33. The van der Waals surface area contributed by atoms with Gasteiger partial charge in [0.25, 0.3) is 5.91 Å². The van der Waals surface area contributed by atoms with Crippen molar-refractivity contribution in [3.05, 3.63) is 77.7 Å². The highest BCUT2D eigenvalue weighted by atomic mass is 19.1. The third kappa shape index (κ3) is 6.60. The van der Waals surface area contributed by atoms with Crippen LogP contribution < -0.4 is 16.0 Å². The molecule has 0 radical (unpaired) electrons. The van der Waals surface area contributed by atoms with E-state index < -0.39 is 0 Å². The van der Waals surface area contributed by atoms with Gasteiger partial charge in [-0.2, -0.15) is 0 Å². The van der Waals surface area contributed by atoms with Crippen LogP contribution >= 0.6 is 0 Å². The van der Waals surface area contributed by atoms with Crippen molar-refractivity contribution in [2.24, 2.45) is 0 Å². The van der Waals surface area contributed by atoms with Crippen LogP contribution in [0.15, 0.2) is 60.8 Å². The molecular weight excluding hydrogens is 399 g/mol. The number of nitrogens with one attached hydrogen (secondary N) is 3. The minimum absolute atomic E-state index is 0.149. The molecule has 0 spiro atoms. The van der Waals surface area contributed by atoms with Crippen LogP contribution in [0, 0.1) is 5.82 Å². The summed E-state index contributed by atoms with van der Waals surface area (Å²) in [4.78, 5) is 40.3. The summed E-state index contributed by atoms with van der Waals surface area (Å²) in [6.07, 6.45) is 2.30. The number of amides is 3. The van der Waals surface area contributed by atoms with Crippen LogP contribution in [0.25, 0.3) is 10.9 Å². The van der Waals surface area contributed by atoms with Crippen molar-refractivity contribution in [3.63, 3.8) is 0 Å². The number of benzene rings is 2. The van der Waals surface area contributed by atoms with Gasteiger partial charge in [-0.15, -0.1) is 0 Å². The average Bonchev–Trinajstić information content (AvgIpc) is 2.79. The number of pyridine rings is 1. The van der Waals surface area contributed by atoms with Crippen molar-refractivity contribution in [1.82, 2.24) is 20.9 Å². The Morgan fingerprint density at radius 1 is 0.839 bits per heavy atom. The van der Waals surface area contributed by atoms with Crippen molar-refractivity contribution in [3.8, 4) is 0 Å². The monoisotopic (exact) mass is 422 g/mol. The fraction of sp³-hybridized carbons (Fsp3) is 0.217. The molecular formula is C23H23FN4O3. The topological polar surface area (TPSA) is 100 Å².